The molecule has 0 unspecified atom stereocenters. The molecule has 0 bridgehead atoms. The summed E-state index contributed by atoms with van der Waals surface area (Å²) >= 11 is 5.79. The SMILES string of the molecule is CCOC(=O)c1ccc(Cl)cc1NC(=O)CC#N. The Morgan fingerprint density at radius 2 is 2.22 bits per heavy atom. The molecule has 6 heteroatoms. The Balaban J connectivity index is 3.01. The normalized spacial score (nSPS) is 9.39. The maximum atomic E-state index is 11.6. The first-order valence-corrected chi connectivity index (χ1v) is 5.59. The molecule has 0 aliphatic carbocycles. The summed E-state index contributed by atoms with van der Waals surface area (Å²) in [6.07, 6.45) is -0.297. The summed E-state index contributed by atoms with van der Waals surface area (Å²) in [6.45, 7) is 1.91. The highest BCUT2D eigenvalue weighted by Gasteiger charge is 2.14. The Labute approximate surface area is 109 Å². The van der Waals surface area contributed by atoms with Gasteiger partial charge in [-0.3, -0.25) is 4.79 Å². The van der Waals surface area contributed by atoms with Gasteiger partial charge in [0.25, 0.3) is 0 Å². The van der Waals surface area contributed by atoms with Crippen molar-refractivity contribution >= 4 is 29.2 Å². The van der Waals surface area contributed by atoms with E-state index in [-0.39, 0.29) is 24.3 Å². The number of anilines is 1. The van der Waals surface area contributed by atoms with E-state index in [4.69, 9.17) is 21.6 Å². The molecule has 0 fully saturated rings. The quantitative estimate of drug-likeness (QED) is 0.849. The molecular weight excluding hydrogens is 256 g/mol. The van der Waals surface area contributed by atoms with Crippen LogP contribution in [-0.4, -0.2) is 18.5 Å². The highest BCUT2D eigenvalue weighted by molar-refractivity contribution is 6.31. The lowest BCUT2D eigenvalue weighted by molar-refractivity contribution is -0.115. The third kappa shape index (κ3) is 3.75. The zero-order valence-electron chi connectivity index (χ0n) is 9.70. The number of esters is 1. The molecule has 0 atom stereocenters. The molecule has 0 heterocycles. The third-order valence-corrected chi connectivity index (χ3v) is 2.23. The molecule has 1 aromatic carbocycles. The number of carbonyl (C=O) groups excluding carboxylic acids is 2. The molecule has 0 radical (unpaired) electrons. The van der Waals surface area contributed by atoms with Crippen molar-refractivity contribution in [2.75, 3.05) is 11.9 Å². The van der Waals surface area contributed by atoms with Crippen LogP contribution in [0, 0.1) is 11.3 Å². The first kappa shape index (κ1) is 14.0. The first-order chi connectivity index (χ1) is 8.58. The van der Waals surface area contributed by atoms with Gasteiger partial charge >= 0.3 is 5.97 Å². The maximum Gasteiger partial charge on any atom is 0.340 e. The largest absolute Gasteiger partial charge is 0.462 e. The number of ether oxygens (including phenoxy) is 1. The van der Waals surface area contributed by atoms with Crippen LogP contribution in [0.1, 0.15) is 23.7 Å². The number of benzene rings is 1. The molecular formula is C12H11ClN2O3. The monoisotopic (exact) mass is 266 g/mol. The molecule has 0 saturated heterocycles. The summed E-state index contributed by atoms with van der Waals surface area (Å²) in [5.41, 5.74) is 0.439. The van der Waals surface area contributed by atoms with Crippen molar-refractivity contribution in [2.24, 2.45) is 0 Å². The predicted octanol–water partition coefficient (Wildman–Crippen LogP) is 2.37. The van der Waals surface area contributed by atoms with E-state index in [1.165, 1.54) is 18.2 Å². The van der Waals surface area contributed by atoms with E-state index in [2.05, 4.69) is 5.32 Å². The molecule has 1 N–H and O–H groups in total. The molecule has 18 heavy (non-hydrogen) atoms. The zero-order valence-corrected chi connectivity index (χ0v) is 10.5. The van der Waals surface area contributed by atoms with Crippen molar-refractivity contribution in [1.29, 1.82) is 5.26 Å². The van der Waals surface area contributed by atoms with Crippen LogP contribution in [0.2, 0.25) is 5.02 Å². The number of halogens is 1. The molecule has 94 valence electrons. The molecule has 1 rings (SSSR count). The van der Waals surface area contributed by atoms with Gasteiger partial charge in [-0.05, 0) is 25.1 Å². The second kappa shape index (κ2) is 6.62. The summed E-state index contributed by atoms with van der Waals surface area (Å²) in [5.74, 6) is -1.06. The highest BCUT2D eigenvalue weighted by atomic mass is 35.5. The molecule has 1 aromatic rings. The first-order valence-electron chi connectivity index (χ1n) is 5.22. The van der Waals surface area contributed by atoms with Crippen LogP contribution in [0.5, 0.6) is 0 Å². The Bertz CT molecular complexity index is 509. The number of rotatable bonds is 4. The minimum atomic E-state index is -0.554. The summed E-state index contributed by atoms with van der Waals surface area (Å²) in [7, 11) is 0. The van der Waals surface area contributed by atoms with Crippen LogP contribution in [0.3, 0.4) is 0 Å². The van der Waals surface area contributed by atoms with Crippen molar-refractivity contribution in [2.45, 2.75) is 13.3 Å². The van der Waals surface area contributed by atoms with Crippen molar-refractivity contribution in [3.63, 3.8) is 0 Å². The van der Waals surface area contributed by atoms with Crippen LogP contribution in [0.15, 0.2) is 18.2 Å². The third-order valence-electron chi connectivity index (χ3n) is 1.99. The molecule has 0 saturated carbocycles. The van der Waals surface area contributed by atoms with Gasteiger partial charge in [0.2, 0.25) is 5.91 Å². The second-order valence-corrected chi connectivity index (χ2v) is 3.73. The van der Waals surface area contributed by atoms with Crippen LogP contribution in [0.4, 0.5) is 5.69 Å². The van der Waals surface area contributed by atoms with Gasteiger partial charge < -0.3 is 10.1 Å². The number of nitriles is 1. The van der Waals surface area contributed by atoms with E-state index in [1.54, 1.807) is 13.0 Å². The summed E-state index contributed by atoms with van der Waals surface area (Å²) in [4.78, 5) is 23.0. The number of hydrogen-bond donors (Lipinski definition) is 1. The predicted molar refractivity (Wildman–Crippen MR) is 66.3 cm³/mol. The zero-order chi connectivity index (χ0) is 13.5. The molecule has 5 nitrogen and oxygen atoms in total. The fraction of sp³-hybridized carbons (Fsp3) is 0.250. The van der Waals surface area contributed by atoms with Crippen LogP contribution in [-0.2, 0) is 9.53 Å². The van der Waals surface area contributed by atoms with Gasteiger partial charge in [0.15, 0.2) is 0 Å². The molecule has 0 spiro atoms. The number of nitrogens with zero attached hydrogens (tertiary/aromatic N) is 1. The fourth-order valence-electron chi connectivity index (χ4n) is 1.27. The van der Waals surface area contributed by atoms with E-state index in [9.17, 15) is 9.59 Å². The second-order valence-electron chi connectivity index (χ2n) is 3.29. The lowest BCUT2D eigenvalue weighted by Gasteiger charge is -2.09. The molecule has 0 aliphatic rings. The van der Waals surface area contributed by atoms with E-state index >= 15 is 0 Å². The highest BCUT2D eigenvalue weighted by Crippen LogP contribution is 2.22. The Hall–Kier alpha value is -2.06. The summed E-state index contributed by atoms with van der Waals surface area (Å²) < 4.78 is 4.85. The van der Waals surface area contributed by atoms with Crippen molar-refractivity contribution in [1.82, 2.24) is 0 Å². The van der Waals surface area contributed by atoms with E-state index in [0.29, 0.717) is 5.02 Å². The van der Waals surface area contributed by atoms with Crippen LogP contribution >= 0.6 is 11.6 Å². The van der Waals surface area contributed by atoms with Gasteiger partial charge in [-0.1, -0.05) is 11.6 Å². The molecule has 1 amide bonds. The number of nitrogens with one attached hydrogen (secondary N) is 1. The summed E-state index contributed by atoms with van der Waals surface area (Å²) in [6, 6.07) is 6.13. The topological polar surface area (TPSA) is 79.2 Å². The average molecular weight is 267 g/mol. The Kier molecular flexibility index (Phi) is 5.15. The van der Waals surface area contributed by atoms with Crippen molar-refractivity contribution in [3.05, 3.63) is 28.8 Å². The van der Waals surface area contributed by atoms with Crippen molar-refractivity contribution < 1.29 is 14.3 Å². The smallest absolute Gasteiger partial charge is 0.340 e. The van der Waals surface area contributed by atoms with Gasteiger partial charge in [-0.25, -0.2) is 4.79 Å². The number of carbonyl (C=O) groups is 2. The number of amides is 1. The maximum absolute atomic E-state index is 11.6. The Morgan fingerprint density at radius 3 is 2.83 bits per heavy atom. The average Bonchev–Trinajstić information content (AvgIpc) is 2.29. The van der Waals surface area contributed by atoms with Crippen LogP contribution < -0.4 is 5.32 Å². The Morgan fingerprint density at radius 1 is 1.50 bits per heavy atom. The lowest BCUT2D eigenvalue weighted by Crippen LogP contribution is -2.15. The van der Waals surface area contributed by atoms with Gasteiger partial charge in [-0.2, -0.15) is 5.26 Å². The van der Waals surface area contributed by atoms with Crippen LogP contribution in [0.25, 0.3) is 0 Å². The molecule has 0 aliphatic heterocycles. The van der Waals surface area contributed by atoms with Gasteiger partial charge in [0.1, 0.15) is 6.42 Å². The lowest BCUT2D eigenvalue weighted by atomic mass is 10.1. The van der Waals surface area contributed by atoms with Gasteiger partial charge in [0.05, 0.1) is 23.9 Å². The van der Waals surface area contributed by atoms with Gasteiger partial charge in [-0.15, -0.1) is 0 Å². The van der Waals surface area contributed by atoms with Crippen molar-refractivity contribution in [3.8, 4) is 6.07 Å². The van der Waals surface area contributed by atoms with E-state index in [0.717, 1.165) is 0 Å². The minimum absolute atomic E-state index is 0.201. The minimum Gasteiger partial charge on any atom is -0.462 e. The van der Waals surface area contributed by atoms with E-state index in [1.807, 2.05) is 0 Å². The van der Waals surface area contributed by atoms with Gasteiger partial charge in [0, 0.05) is 5.02 Å². The summed E-state index contributed by atoms with van der Waals surface area (Å²) in [5, 5.41) is 11.2. The fourth-order valence-corrected chi connectivity index (χ4v) is 1.45. The number of hydrogen-bond acceptors (Lipinski definition) is 4. The van der Waals surface area contributed by atoms with E-state index < -0.39 is 11.9 Å². The molecule has 0 aromatic heterocycles. The standard InChI is InChI=1S/C12H11ClN2O3/c1-2-18-12(17)9-4-3-8(13)7-10(9)15-11(16)5-6-14/h3-4,7H,2,5H2,1H3,(H,15,16).